The van der Waals surface area contributed by atoms with Crippen molar-refractivity contribution < 1.29 is 19.0 Å². The Morgan fingerprint density at radius 1 is 1.14 bits per heavy atom. The van der Waals surface area contributed by atoms with Gasteiger partial charge in [-0.1, -0.05) is 35.9 Å². The molecule has 2 atom stereocenters. The predicted molar refractivity (Wildman–Crippen MR) is 118 cm³/mol. The number of halogens is 2. The minimum absolute atomic E-state index is 0. The smallest absolute Gasteiger partial charge is 0.343 e. The molecule has 0 aromatic heterocycles. The molecule has 1 unspecified atom stereocenters. The minimum Gasteiger partial charge on any atom is -0.482 e. The second-order valence-corrected chi connectivity index (χ2v) is 7.22. The largest absolute Gasteiger partial charge is 0.482 e. The SMILES string of the molecule is COC(=O)COc1ccc(CC(C)N(C)C[C@@H](OC)c2cccc(Cl)c2)cc1.Cl. The van der Waals surface area contributed by atoms with Crippen LogP contribution in [-0.4, -0.2) is 51.3 Å². The van der Waals surface area contributed by atoms with Crippen LogP contribution in [0.5, 0.6) is 5.75 Å². The number of benzene rings is 2. The van der Waals surface area contributed by atoms with E-state index in [1.807, 2.05) is 48.5 Å². The van der Waals surface area contributed by atoms with Gasteiger partial charge in [0.25, 0.3) is 0 Å². The van der Waals surface area contributed by atoms with Gasteiger partial charge < -0.3 is 19.1 Å². The first kappa shape index (κ1) is 25.2. The van der Waals surface area contributed by atoms with E-state index in [1.54, 1.807) is 7.11 Å². The van der Waals surface area contributed by atoms with E-state index in [4.69, 9.17) is 21.1 Å². The number of ether oxygens (including phenoxy) is 3. The molecule has 0 aliphatic heterocycles. The summed E-state index contributed by atoms with van der Waals surface area (Å²) in [4.78, 5) is 13.4. The second kappa shape index (κ2) is 12.7. The molecular formula is C22H29Cl2NO4. The quantitative estimate of drug-likeness (QED) is 0.505. The Hall–Kier alpha value is -1.79. The number of carbonyl (C=O) groups excluding carboxylic acids is 1. The number of rotatable bonds is 10. The topological polar surface area (TPSA) is 48.0 Å². The first-order valence-corrected chi connectivity index (χ1v) is 9.57. The number of methoxy groups -OCH3 is 2. The van der Waals surface area contributed by atoms with Gasteiger partial charge in [-0.2, -0.15) is 0 Å². The molecule has 0 aliphatic rings. The minimum atomic E-state index is -0.397. The third-order valence-electron chi connectivity index (χ3n) is 4.75. The molecule has 160 valence electrons. The van der Waals surface area contributed by atoms with E-state index in [0.717, 1.165) is 18.5 Å². The summed E-state index contributed by atoms with van der Waals surface area (Å²) in [5.41, 5.74) is 2.27. The molecule has 0 N–H and O–H groups in total. The predicted octanol–water partition coefficient (Wildman–Crippen LogP) is 4.56. The molecule has 0 saturated heterocycles. The lowest BCUT2D eigenvalue weighted by atomic mass is 10.0. The van der Waals surface area contributed by atoms with Gasteiger partial charge in [-0.25, -0.2) is 4.79 Å². The number of nitrogens with zero attached hydrogens (tertiary/aromatic N) is 1. The van der Waals surface area contributed by atoms with Crippen LogP contribution >= 0.6 is 24.0 Å². The average Bonchev–Trinajstić information content (AvgIpc) is 2.70. The molecule has 0 radical (unpaired) electrons. The summed E-state index contributed by atoms with van der Waals surface area (Å²) in [7, 11) is 5.15. The van der Waals surface area contributed by atoms with Crippen molar-refractivity contribution >= 4 is 30.0 Å². The molecule has 0 bridgehead atoms. The molecule has 2 rings (SSSR count). The highest BCUT2D eigenvalue weighted by Crippen LogP contribution is 2.22. The molecule has 2 aromatic carbocycles. The number of likely N-dealkylation sites (N-methyl/N-ethyl adjacent to an activating group) is 1. The molecular weight excluding hydrogens is 413 g/mol. The van der Waals surface area contributed by atoms with Gasteiger partial charge in [-0.15, -0.1) is 12.4 Å². The Morgan fingerprint density at radius 2 is 1.83 bits per heavy atom. The zero-order chi connectivity index (χ0) is 20.5. The van der Waals surface area contributed by atoms with Crippen molar-refractivity contribution in [3.63, 3.8) is 0 Å². The molecule has 0 saturated carbocycles. The summed E-state index contributed by atoms with van der Waals surface area (Å²) in [6.45, 7) is 2.86. The van der Waals surface area contributed by atoms with Crippen LogP contribution in [0.1, 0.15) is 24.2 Å². The van der Waals surface area contributed by atoms with E-state index in [1.165, 1.54) is 12.7 Å². The maximum Gasteiger partial charge on any atom is 0.343 e. The Labute approximate surface area is 184 Å². The van der Waals surface area contributed by atoms with Crippen LogP contribution in [0.3, 0.4) is 0 Å². The number of hydrogen-bond donors (Lipinski definition) is 0. The lowest BCUT2D eigenvalue weighted by molar-refractivity contribution is -0.142. The highest BCUT2D eigenvalue weighted by molar-refractivity contribution is 6.30. The van der Waals surface area contributed by atoms with Crippen LogP contribution in [0, 0.1) is 0 Å². The summed E-state index contributed by atoms with van der Waals surface area (Å²) in [6, 6.07) is 15.9. The fraction of sp³-hybridized carbons (Fsp3) is 0.409. The lowest BCUT2D eigenvalue weighted by Gasteiger charge is -2.29. The summed E-state index contributed by atoms with van der Waals surface area (Å²) in [5, 5.41) is 0.713. The van der Waals surface area contributed by atoms with Crippen molar-refractivity contribution in [1.29, 1.82) is 0 Å². The standard InChI is InChI=1S/C22H28ClNO4.ClH/c1-16(12-17-8-10-20(11-9-17)28-15-22(25)27-4)24(2)14-21(26-3)18-6-5-7-19(23)13-18;/h5-11,13,16,21H,12,14-15H2,1-4H3;1H/t16?,21-;/m1./s1. The van der Waals surface area contributed by atoms with E-state index in [2.05, 4.69) is 23.6 Å². The molecule has 0 spiro atoms. The molecule has 0 amide bonds. The highest BCUT2D eigenvalue weighted by Gasteiger charge is 2.18. The van der Waals surface area contributed by atoms with Crippen LogP contribution in [0.25, 0.3) is 0 Å². The second-order valence-electron chi connectivity index (χ2n) is 6.78. The summed E-state index contributed by atoms with van der Waals surface area (Å²) >= 11 is 6.11. The molecule has 0 fully saturated rings. The molecule has 7 heteroatoms. The van der Waals surface area contributed by atoms with Crippen molar-refractivity contribution in [3.05, 3.63) is 64.7 Å². The van der Waals surface area contributed by atoms with Gasteiger partial charge in [0.05, 0.1) is 13.2 Å². The van der Waals surface area contributed by atoms with Crippen molar-refractivity contribution in [2.75, 3.05) is 34.4 Å². The number of hydrogen-bond acceptors (Lipinski definition) is 5. The van der Waals surface area contributed by atoms with Gasteiger partial charge >= 0.3 is 5.97 Å². The molecule has 5 nitrogen and oxygen atoms in total. The van der Waals surface area contributed by atoms with E-state index >= 15 is 0 Å². The number of carbonyl (C=O) groups is 1. The summed E-state index contributed by atoms with van der Waals surface area (Å²) in [5.74, 6) is 0.252. The van der Waals surface area contributed by atoms with Gasteiger partial charge in [0, 0.05) is 24.7 Å². The molecule has 0 heterocycles. The fourth-order valence-electron chi connectivity index (χ4n) is 2.88. The lowest BCUT2D eigenvalue weighted by Crippen LogP contribution is -2.34. The van der Waals surface area contributed by atoms with Gasteiger partial charge in [-0.3, -0.25) is 0 Å². The van der Waals surface area contributed by atoms with Crippen molar-refractivity contribution in [1.82, 2.24) is 4.90 Å². The van der Waals surface area contributed by atoms with Crippen molar-refractivity contribution in [2.45, 2.75) is 25.5 Å². The van der Waals surface area contributed by atoms with Crippen LogP contribution in [0.2, 0.25) is 5.02 Å². The third-order valence-corrected chi connectivity index (χ3v) is 4.99. The summed E-state index contributed by atoms with van der Waals surface area (Å²) < 4.78 is 15.6. The summed E-state index contributed by atoms with van der Waals surface area (Å²) in [6.07, 6.45) is 0.847. The van der Waals surface area contributed by atoms with Gasteiger partial charge in [-0.05, 0) is 55.8 Å². The van der Waals surface area contributed by atoms with Gasteiger partial charge in [0.15, 0.2) is 6.61 Å². The highest BCUT2D eigenvalue weighted by atomic mass is 35.5. The molecule has 0 aliphatic carbocycles. The Morgan fingerprint density at radius 3 is 2.41 bits per heavy atom. The van der Waals surface area contributed by atoms with Gasteiger partial charge in [0.2, 0.25) is 0 Å². The normalized spacial score (nSPS) is 12.8. The Balaban J connectivity index is 0.00000420. The van der Waals surface area contributed by atoms with Gasteiger partial charge in [0.1, 0.15) is 5.75 Å². The van der Waals surface area contributed by atoms with E-state index in [0.29, 0.717) is 16.8 Å². The van der Waals surface area contributed by atoms with Crippen molar-refractivity contribution in [2.24, 2.45) is 0 Å². The van der Waals surface area contributed by atoms with Crippen LogP contribution in [0.15, 0.2) is 48.5 Å². The third kappa shape index (κ3) is 8.23. The van der Waals surface area contributed by atoms with Crippen LogP contribution < -0.4 is 4.74 Å². The zero-order valence-electron chi connectivity index (χ0n) is 17.3. The molecule has 2 aromatic rings. The maximum atomic E-state index is 11.1. The average molecular weight is 442 g/mol. The molecule has 29 heavy (non-hydrogen) atoms. The zero-order valence-corrected chi connectivity index (χ0v) is 18.8. The van der Waals surface area contributed by atoms with Crippen LogP contribution in [-0.2, 0) is 20.7 Å². The maximum absolute atomic E-state index is 11.1. The van der Waals surface area contributed by atoms with Crippen molar-refractivity contribution in [3.8, 4) is 5.75 Å². The first-order chi connectivity index (χ1) is 13.4. The van der Waals surface area contributed by atoms with Crippen LogP contribution in [0.4, 0.5) is 0 Å². The van der Waals surface area contributed by atoms with E-state index in [9.17, 15) is 4.79 Å². The fourth-order valence-corrected chi connectivity index (χ4v) is 3.08. The monoisotopic (exact) mass is 441 g/mol. The Kier molecular flexibility index (Phi) is 11.1. The van der Waals surface area contributed by atoms with E-state index < -0.39 is 5.97 Å². The number of esters is 1. The first-order valence-electron chi connectivity index (χ1n) is 9.20. The Bertz CT molecular complexity index is 755. The van der Waals surface area contributed by atoms with E-state index in [-0.39, 0.29) is 25.1 Å².